The molecule has 0 radical (unpaired) electrons. The van der Waals surface area contributed by atoms with Gasteiger partial charge in [-0.2, -0.15) is 0 Å². The monoisotopic (exact) mass is 888 g/mol. The van der Waals surface area contributed by atoms with Crippen LogP contribution < -0.4 is 0 Å². The SMILES string of the molecule is CCN(CC)P(=N[PH](N=P(N(CC)CC)(N(CC)CC)N(CC)CC)(N=P(N(CC)CC)(N(CC)CC)N(CC)CC)N(CC)CC)(N(CC)CC)N(CC)CC. The summed E-state index contributed by atoms with van der Waals surface area (Å²) in [5.74, 6) is 0. The zero-order chi connectivity index (χ0) is 44.0. The third-order valence-corrected chi connectivity index (χ3v) is 31.8. The van der Waals surface area contributed by atoms with Crippen molar-refractivity contribution in [2.45, 2.75) is 138 Å². The van der Waals surface area contributed by atoms with Gasteiger partial charge < -0.3 is 0 Å². The summed E-state index contributed by atoms with van der Waals surface area (Å²) in [6, 6.07) is 0. The summed E-state index contributed by atoms with van der Waals surface area (Å²) < 4.78 is 48.2. The number of hydrogen-bond acceptors (Lipinski definition) is 4. The maximum atomic E-state index is 6.90. The van der Waals surface area contributed by atoms with E-state index in [2.05, 4.69) is 185 Å². The van der Waals surface area contributed by atoms with E-state index in [1.807, 2.05) is 0 Å². The minimum absolute atomic E-state index is 0.845. The summed E-state index contributed by atoms with van der Waals surface area (Å²) in [5.41, 5.74) is 0. The van der Waals surface area contributed by atoms with Gasteiger partial charge in [-0.3, -0.25) is 0 Å². The fourth-order valence-corrected chi connectivity index (χ4v) is 31.9. The standard InChI is InChI=1S/C40H101N13P4/c1-21-44(22-2)54(41-55(45(23-3)24-4,46(25-5)26-6)47(27-7)28-8,42-56(48(29-9)30-10,49(31-11)32-12)50(33-13)34-14)43-57(51(35-15)36-16,52(37-17)38-18)53(39-19)40-20/h54H,21-40H2,1-20H3. The molecule has 0 aliphatic rings. The van der Waals surface area contributed by atoms with Crippen LogP contribution in [-0.2, 0) is 0 Å². The zero-order valence-electron chi connectivity index (χ0n) is 41.8. The Morgan fingerprint density at radius 2 is 0.351 bits per heavy atom. The van der Waals surface area contributed by atoms with Crippen LogP contribution in [0.3, 0.4) is 0 Å². The van der Waals surface area contributed by atoms with Gasteiger partial charge in [0.15, 0.2) is 0 Å². The predicted octanol–water partition coefficient (Wildman–Crippen LogP) is 11.7. The molecule has 0 aromatic carbocycles. The van der Waals surface area contributed by atoms with Gasteiger partial charge in [-0.05, 0) is 0 Å². The molecule has 0 heterocycles. The first-order chi connectivity index (χ1) is 27.3. The fraction of sp³-hybridized carbons (Fsp3) is 1.00. The molecule has 0 aliphatic heterocycles. The van der Waals surface area contributed by atoms with Gasteiger partial charge >= 0.3 is 360 Å². The number of rotatable bonds is 33. The van der Waals surface area contributed by atoms with Gasteiger partial charge in [0.05, 0.1) is 0 Å². The Hall–Kier alpha value is 0.720. The van der Waals surface area contributed by atoms with Crippen LogP contribution in [0.15, 0.2) is 13.5 Å². The van der Waals surface area contributed by atoms with Crippen molar-refractivity contribution in [3.05, 3.63) is 0 Å². The Morgan fingerprint density at radius 3 is 0.439 bits per heavy atom. The van der Waals surface area contributed by atoms with Crippen molar-refractivity contribution in [3.8, 4) is 0 Å². The van der Waals surface area contributed by atoms with Crippen molar-refractivity contribution in [1.29, 1.82) is 0 Å². The fourth-order valence-electron chi connectivity index (χ4n) is 9.04. The second-order valence-electron chi connectivity index (χ2n) is 13.9. The van der Waals surface area contributed by atoms with E-state index in [1.54, 1.807) is 0 Å². The Labute approximate surface area is 358 Å². The second-order valence-corrected chi connectivity index (χ2v) is 26.5. The summed E-state index contributed by atoms with van der Waals surface area (Å²) in [6.07, 6.45) is 0. The molecule has 57 heavy (non-hydrogen) atoms. The molecule has 13 nitrogen and oxygen atoms in total. The van der Waals surface area contributed by atoms with Crippen LogP contribution in [-0.4, -0.2) is 178 Å². The molecule has 0 aromatic heterocycles. The summed E-state index contributed by atoms with van der Waals surface area (Å²) in [7, 11) is -11.5. The first kappa shape index (κ1) is 57.7. The van der Waals surface area contributed by atoms with Gasteiger partial charge in [-0.1, -0.05) is 0 Å². The average molecular weight is 888 g/mol. The first-order valence-corrected chi connectivity index (χ1v) is 30.3. The minimum atomic E-state index is -3.71. The van der Waals surface area contributed by atoms with Crippen LogP contribution in [0, 0.1) is 0 Å². The Kier molecular flexibility index (Phi) is 29.5. The van der Waals surface area contributed by atoms with Gasteiger partial charge in [-0.25, -0.2) is 0 Å². The van der Waals surface area contributed by atoms with E-state index in [-0.39, 0.29) is 0 Å². The Balaban J connectivity index is 11.1. The molecule has 0 N–H and O–H groups in total. The predicted molar refractivity (Wildman–Crippen MR) is 266 cm³/mol. The van der Waals surface area contributed by atoms with E-state index in [0.29, 0.717) is 0 Å². The van der Waals surface area contributed by atoms with Crippen molar-refractivity contribution < 1.29 is 0 Å². The van der Waals surface area contributed by atoms with E-state index in [0.717, 1.165) is 131 Å². The molecule has 0 aliphatic carbocycles. The summed E-state index contributed by atoms with van der Waals surface area (Å²) in [6.45, 7) is 65.4. The Morgan fingerprint density at radius 1 is 0.228 bits per heavy atom. The van der Waals surface area contributed by atoms with E-state index in [4.69, 9.17) is 13.5 Å². The van der Waals surface area contributed by atoms with Gasteiger partial charge in [0.25, 0.3) is 0 Å². The summed E-state index contributed by atoms with van der Waals surface area (Å²) >= 11 is 0. The van der Waals surface area contributed by atoms with E-state index in [9.17, 15) is 0 Å². The third-order valence-electron chi connectivity index (χ3n) is 12.0. The number of hydrogen-bond donors (Lipinski definition) is 0. The van der Waals surface area contributed by atoms with Crippen LogP contribution in [0.4, 0.5) is 0 Å². The summed E-state index contributed by atoms with van der Waals surface area (Å²) in [5, 5.41) is 0. The van der Waals surface area contributed by atoms with Crippen molar-refractivity contribution in [1.82, 2.24) is 46.7 Å². The normalized spacial score (nSPS) is 14.1. The molecular formula is C40H101N13P4. The molecule has 0 aromatic rings. The first-order valence-electron chi connectivity index (χ1n) is 23.8. The number of nitrogens with zero attached hydrogens (tertiary/aromatic N) is 13. The second kappa shape index (κ2) is 29.2. The maximum absolute atomic E-state index is 6.90. The van der Waals surface area contributed by atoms with Crippen LogP contribution in [0.1, 0.15) is 138 Å². The molecule has 0 saturated heterocycles. The summed E-state index contributed by atoms with van der Waals surface area (Å²) in [4.78, 5) is 0. The van der Waals surface area contributed by atoms with Gasteiger partial charge in [0.1, 0.15) is 0 Å². The average Bonchev–Trinajstić information content (AvgIpc) is 3.22. The zero-order valence-corrected chi connectivity index (χ0v) is 45.5. The topological polar surface area (TPSA) is 69.5 Å². The van der Waals surface area contributed by atoms with Crippen molar-refractivity contribution in [2.24, 2.45) is 13.5 Å². The van der Waals surface area contributed by atoms with Crippen LogP contribution in [0.25, 0.3) is 0 Å². The molecule has 0 atom stereocenters. The molecule has 0 unspecified atom stereocenters. The van der Waals surface area contributed by atoms with Gasteiger partial charge in [0.2, 0.25) is 0 Å². The molecule has 0 bridgehead atoms. The Bertz CT molecular complexity index is 948. The van der Waals surface area contributed by atoms with Gasteiger partial charge in [0, 0.05) is 0 Å². The molecule has 0 spiro atoms. The van der Waals surface area contributed by atoms with Gasteiger partial charge in [-0.15, -0.1) is 0 Å². The van der Waals surface area contributed by atoms with Crippen molar-refractivity contribution in [3.63, 3.8) is 0 Å². The molecule has 0 rings (SSSR count). The molecular weight excluding hydrogens is 786 g/mol. The van der Waals surface area contributed by atoms with E-state index < -0.39 is 30.4 Å². The molecule has 346 valence electrons. The van der Waals surface area contributed by atoms with Crippen molar-refractivity contribution in [2.75, 3.05) is 131 Å². The third kappa shape index (κ3) is 12.0. The van der Waals surface area contributed by atoms with E-state index >= 15 is 0 Å². The molecule has 17 heteroatoms. The quantitative estimate of drug-likeness (QED) is 0.0595. The van der Waals surface area contributed by atoms with Crippen LogP contribution in [0.2, 0.25) is 0 Å². The van der Waals surface area contributed by atoms with Crippen molar-refractivity contribution >= 4 is 30.4 Å². The van der Waals surface area contributed by atoms with Crippen LogP contribution in [0.5, 0.6) is 0 Å². The molecule has 0 saturated carbocycles. The van der Waals surface area contributed by atoms with E-state index in [1.165, 1.54) is 0 Å². The molecule has 0 amide bonds. The van der Waals surface area contributed by atoms with Crippen LogP contribution >= 0.6 is 30.4 Å². The molecule has 0 fully saturated rings.